The van der Waals surface area contributed by atoms with Crippen molar-refractivity contribution in [3.8, 4) is 5.69 Å². The lowest BCUT2D eigenvalue weighted by Gasteiger charge is -2.00. The molecule has 1 heterocycles. The minimum absolute atomic E-state index is 0.204. The minimum Gasteiger partial charge on any atom is -0.227 e. The molecule has 0 spiro atoms. The van der Waals surface area contributed by atoms with Crippen LogP contribution >= 0.6 is 0 Å². The maximum Gasteiger partial charge on any atom is 0.170 e. The molecular formula is C7H6N4O2S. The molecule has 1 aromatic heterocycles. The Kier molecular flexibility index (Phi) is 2.23. The second-order valence-electron chi connectivity index (χ2n) is 2.50. The Morgan fingerprint density at radius 3 is 2.64 bits per heavy atom. The van der Waals surface area contributed by atoms with Crippen molar-refractivity contribution in [1.82, 2.24) is 20.2 Å². The molecule has 0 atom stereocenters. The van der Waals surface area contributed by atoms with Crippen LogP contribution in [0.25, 0.3) is 5.69 Å². The summed E-state index contributed by atoms with van der Waals surface area (Å²) in [7, 11) is -2.64. The number of rotatable bonds is 2. The summed E-state index contributed by atoms with van der Waals surface area (Å²) in [4.78, 5) is 0.204. The first-order valence-corrected chi connectivity index (χ1v) is 4.93. The van der Waals surface area contributed by atoms with Crippen LogP contribution in [0.5, 0.6) is 0 Å². The molecule has 72 valence electrons. The van der Waals surface area contributed by atoms with Crippen LogP contribution in [0, 0.1) is 0 Å². The van der Waals surface area contributed by atoms with Crippen molar-refractivity contribution in [2.75, 3.05) is 0 Å². The van der Waals surface area contributed by atoms with Gasteiger partial charge in [0.05, 0.1) is 10.6 Å². The Bertz CT molecular complexity index is 498. The molecule has 0 aliphatic heterocycles. The molecule has 6 nitrogen and oxygen atoms in total. The van der Waals surface area contributed by atoms with Gasteiger partial charge < -0.3 is 0 Å². The maximum atomic E-state index is 10.9. The largest absolute Gasteiger partial charge is 0.227 e. The van der Waals surface area contributed by atoms with E-state index in [2.05, 4.69) is 15.5 Å². The van der Waals surface area contributed by atoms with Crippen molar-refractivity contribution in [3.63, 3.8) is 0 Å². The highest BCUT2D eigenvalue weighted by atomic mass is 32.2. The lowest BCUT2D eigenvalue weighted by Crippen LogP contribution is -1.99. The number of thiol groups is 1. The molecule has 0 aliphatic rings. The van der Waals surface area contributed by atoms with Gasteiger partial charge in [0.25, 0.3) is 0 Å². The van der Waals surface area contributed by atoms with E-state index < -0.39 is 10.7 Å². The summed E-state index contributed by atoms with van der Waals surface area (Å²) in [5.41, 5.74) is 0.452. The second-order valence-corrected chi connectivity index (χ2v) is 3.50. The van der Waals surface area contributed by atoms with E-state index in [0.29, 0.717) is 5.69 Å². The SMILES string of the molecule is O=[SH](=O)c1ccccc1-n1cnnn1. The van der Waals surface area contributed by atoms with Crippen LogP contribution in [0.15, 0.2) is 35.5 Å². The molecule has 0 saturated carbocycles. The van der Waals surface area contributed by atoms with E-state index in [1.54, 1.807) is 18.2 Å². The van der Waals surface area contributed by atoms with Gasteiger partial charge in [0.1, 0.15) is 6.33 Å². The maximum absolute atomic E-state index is 10.9. The molecule has 0 N–H and O–H groups in total. The zero-order chi connectivity index (χ0) is 9.97. The summed E-state index contributed by atoms with van der Waals surface area (Å²) >= 11 is 0. The second kappa shape index (κ2) is 3.54. The van der Waals surface area contributed by atoms with Crippen LogP contribution in [-0.4, -0.2) is 28.6 Å². The van der Waals surface area contributed by atoms with Crippen LogP contribution < -0.4 is 0 Å². The third-order valence-corrected chi connectivity index (χ3v) is 2.45. The number of hydrogen-bond donors (Lipinski definition) is 1. The van der Waals surface area contributed by atoms with Crippen molar-refractivity contribution in [1.29, 1.82) is 0 Å². The van der Waals surface area contributed by atoms with Crippen molar-refractivity contribution in [2.24, 2.45) is 0 Å². The zero-order valence-corrected chi connectivity index (χ0v) is 7.83. The molecule has 2 aromatic rings. The van der Waals surface area contributed by atoms with Gasteiger partial charge in [0, 0.05) is 0 Å². The fraction of sp³-hybridized carbons (Fsp3) is 0. The van der Waals surface area contributed by atoms with E-state index in [1.807, 2.05) is 0 Å². The lowest BCUT2D eigenvalue weighted by molar-refractivity contribution is 0.613. The summed E-state index contributed by atoms with van der Waals surface area (Å²) < 4.78 is 23.1. The normalized spacial score (nSPS) is 10.6. The average molecular weight is 210 g/mol. The number of hydrogen-bond acceptors (Lipinski definition) is 5. The number of benzene rings is 1. The smallest absolute Gasteiger partial charge is 0.170 e. The Morgan fingerprint density at radius 2 is 2.00 bits per heavy atom. The first-order chi connectivity index (χ1) is 6.79. The highest BCUT2D eigenvalue weighted by Crippen LogP contribution is 2.13. The highest BCUT2D eigenvalue weighted by molar-refractivity contribution is 7.72. The number of para-hydroxylation sites is 1. The lowest BCUT2D eigenvalue weighted by atomic mass is 10.3. The van der Waals surface area contributed by atoms with Gasteiger partial charge in [-0.25, -0.2) is 8.42 Å². The fourth-order valence-electron chi connectivity index (χ4n) is 1.08. The molecule has 0 amide bonds. The number of aromatic nitrogens is 4. The first kappa shape index (κ1) is 8.82. The zero-order valence-electron chi connectivity index (χ0n) is 6.94. The number of tetrazole rings is 1. The van der Waals surface area contributed by atoms with Crippen LogP contribution in [0.1, 0.15) is 0 Å². The monoisotopic (exact) mass is 210 g/mol. The molecule has 0 bridgehead atoms. The van der Waals surface area contributed by atoms with E-state index in [0.717, 1.165) is 0 Å². The van der Waals surface area contributed by atoms with Crippen molar-refractivity contribution in [2.45, 2.75) is 4.90 Å². The third-order valence-electron chi connectivity index (χ3n) is 1.67. The molecular weight excluding hydrogens is 204 g/mol. The van der Waals surface area contributed by atoms with Gasteiger partial charge in [0.2, 0.25) is 0 Å². The highest BCUT2D eigenvalue weighted by Gasteiger charge is 2.06. The van der Waals surface area contributed by atoms with E-state index in [9.17, 15) is 8.42 Å². The van der Waals surface area contributed by atoms with Crippen LogP contribution in [0.2, 0.25) is 0 Å². The average Bonchev–Trinajstić information content (AvgIpc) is 2.70. The van der Waals surface area contributed by atoms with Crippen LogP contribution in [0.3, 0.4) is 0 Å². The summed E-state index contributed by atoms with van der Waals surface area (Å²) in [6, 6.07) is 6.51. The van der Waals surface area contributed by atoms with Gasteiger partial charge in [-0.1, -0.05) is 12.1 Å². The molecule has 0 radical (unpaired) electrons. The van der Waals surface area contributed by atoms with E-state index >= 15 is 0 Å². The Hall–Kier alpha value is -1.76. The molecule has 2 rings (SSSR count). The topological polar surface area (TPSA) is 77.7 Å². The molecule has 0 saturated heterocycles. The standard InChI is InChI=1S/C7H6N4O2S/c12-14(13)7-4-2-1-3-6(7)11-5-8-9-10-11/h1-5,14H. The molecule has 0 aliphatic carbocycles. The van der Waals surface area contributed by atoms with E-state index in [-0.39, 0.29) is 4.90 Å². The molecule has 1 aromatic carbocycles. The molecule has 0 fully saturated rings. The van der Waals surface area contributed by atoms with Gasteiger partial charge in [-0.3, -0.25) is 0 Å². The Labute approximate surface area is 81.1 Å². The number of nitrogens with zero attached hydrogens (tertiary/aromatic N) is 4. The minimum atomic E-state index is -2.64. The van der Waals surface area contributed by atoms with Gasteiger partial charge in [-0.2, -0.15) is 4.68 Å². The van der Waals surface area contributed by atoms with Gasteiger partial charge in [-0.15, -0.1) is 5.10 Å². The molecule has 0 unspecified atom stereocenters. The van der Waals surface area contributed by atoms with Gasteiger partial charge in [-0.05, 0) is 22.6 Å². The van der Waals surface area contributed by atoms with Crippen LogP contribution in [0.4, 0.5) is 0 Å². The van der Waals surface area contributed by atoms with Crippen molar-refractivity contribution < 1.29 is 8.42 Å². The van der Waals surface area contributed by atoms with Crippen molar-refractivity contribution in [3.05, 3.63) is 30.6 Å². The Balaban J connectivity index is 2.64. The fourth-order valence-corrected chi connectivity index (χ4v) is 1.66. The van der Waals surface area contributed by atoms with Crippen LogP contribution in [-0.2, 0) is 10.7 Å². The predicted octanol–water partition coefficient (Wildman–Crippen LogP) is -0.367. The summed E-state index contributed by atoms with van der Waals surface area (Å²) in [5.74, 6) is 0. The third kappa shape index (κ3) is 1.49. The summed E-state index contributed by atoms with van der Waals surface area (Å²) in [5, 5.41) is 10.5. The Morgan fingerprint density at radius 1 is 1.21 bits per heavy atom. The first-order valence-electron chi connectivity index (χ1n) is 3.76. The predicted molar refractivity (Wildman–Crippen MR) is 47.7 cm³/mol. The van der Waals surface area contributed by atoms with Crippen molar-refractivity contribution >= 4 is 10.7 Å². The van der Waals surface area contributed by atoms with E-state index in [1.165, 1.54) is 17.1 Å². The molecule has 14 heavy (non-hydrogen) atoms. The van der Waals surface area contributed by atoms with Gasteiger partial charge >= 0.3 is 0 Å². The quantitative estimate of drug-likeness (QED) is 0.684. The summed E-state index contributed by atoms with van der Waals surface area (Å²) in [6.45, 7) is 0. The van der Waals surface area contributed by atoms with E-state index in [4.69, 9.17) is 0 Å². The summed E-state index contributed by atoms with van der Waals surface area (Å²) in [6.07, 6.45) is 1.34. The van der Waals surface area contributed by atoms with Gasteiger partial charge in [0.15, 0.2) is 10.7 Å². The molecule has 7 heteroatoms.